The lowest BCUT2D eigenvalue weighted by molar-refractivity contribution is -0.188. The summed E-state index contributed by atoms with van der Waals surface area (Å²) in [5.41, 5.74) is 0. The summed E-state index contributed by atoms with van der Waals surface area (Å²) in [5, 5.41) is 12.8. The maximum Gasteiger partial charge on any atom is 0.394 e. The van der Waals surface area contributed by atoms with Crippen LogP contribution in [-0.4, -0.2) is 51.3 Å². The van der Waals surface area contributed by atoms with E-state index in [1.165, 1.54) is 0 Å². The number of carbonyl (C=O) groups is 2. The van der Waals surface area contributed by atoms with Gasteiger partial charge in [-0.15, -0.1) is 0 Å². The van der Waals surface area contributed by atoms with Crippen molar-refractivity contribution in [3.8, 4) is 0 Å². The molecule has 1 saturated heterocycles. The van der Waals surface area contributed by atoms with E-state index in [1.807, 2.05) is 0 Å². The van der Waals surface area contributed by atoms with Crippen LogP contribution in [0, 0.1) is 11.8 Å². The van der Waals surface area contributed by atoms with Crippen molar-refractivity contribution < 1.29 is 32.4 Å². The number of hydrogen-bond donors (Lipinski definition) is 1. The number of hydrogen-bond acceptors (Lipinski definition) is 5. The van der Waals surface area contributed by atoms with Crippen molar-refractivity contribution in [3.05, 3.63) is 11.7 Å². The number of aliphatic carboxylic acids is 1. The summed E-state index contributed by atoms with van der Waals surface area (Å²) in [6, 6.07) is 0. The van der Waals surface area contributed by atoms with Gasteiger partial charge < -0.3 is 14.5 Å². The lowest BCUT2D eigenvalue weighted by atomic mass is 9.96. The Labute approximate surface area is 141 Å². The highest BCUT2D eigenvalue weighted by Gasteiger charge is 2.53. The van der Waals surface area contributed by atoms with Crippen LogP contribution in [0.4, 0.5) is 13.2 Å². The average Bonchev–Trinajstić information content (AvgIpc) is 3.09. The van der Waals surface area contributed by atoms with Crippen molar-refractivity contribution in [2.45, 2.75) is 44.2 Å². The second-order valence-electron chi connectivity index (χ2n) is 6.57. The van der Waals surface area contributed by atoms with Crippen LogP contribution in [0.3, 0.4) is 0 Å². The van der Waals surface area contributed by atoms with E-state index in [9.17, 15) is 22.8 Å². The van der Waals surface area contributed by atoms with Gasteiger partial charge >= 0.3 is 12.1 Å². The van der Waals surface area contributed by atoms with Crippen LogP contribution in [-0.2, 0) is 16.0 Å². The lowest BCUT2D eigenvalue weighted by Gasteiger charge is -2.18. The van der Waals surface area contributed by atoms with Crippen molar-refractivity contribution in [2.24, 2.45) is 11.8 Å². The molecule has 7 nitrogen and oxygen atoms in total. The molecule has 10 heteroatoms. The van der Waals surface area contributed by atoms with Crippen LogP contribution in [0.25, 0.3) is 0 Å². The maximum atomic E-state index is 12.9. The summed E-state index contributed by atoms with van der Waals surface area (Å²) in [4.78, 5) is 28.3. The van der Waals surface area contributed by atoms with E-state index in [-0.39, 0.29) is 6.42 Å². The first kappa shape index (κ1) is 17.7. The van der Waals surface area contributed by atoms with Crippen molar-refractivity contribution in [1.29, 1.82) is 0 Å². The molecule has 25 heavy (non-hydrogen) atoms. The number of halogens is 3. The minimum Gasteiger partial charge on any atom is -0.481 e. The Balaban J connectivity index is 1.49. The zero-order valence-electron chi connectivity index (χ0n) is 13.3. The Bertz CT molecular complexity index is 657. The molecule has 1 amide bonds. The molecule has 0 radical (unpaired) electrons. The number of amides is 1. The molecule has 1 aromatic heterocycles. The third-order valence-corrected chi connectivity index (χ3v) is 4.62. The summed E-state index contributed by atoms with van der Waals surface area (Å²) in [6.07, 6.45) is -1.82. The van der Waals surface area contributed by atoms with Gasteiger partial charge in [0, 0.05) is 31.8 Å². The molecule has 1 aromatic rings. The highest BCUT2D eigenvalue weighted by molar-refractivity contribution is 5.79. The Morgan fingerprint density at radius 2 is 2.00 bits per heavy atom. The molecule has 2 atom stereocenters. The lowest BCUT2D eigenvalue weighted by Crippen LogP contribution is -2.34. The molecule has 0 unspecified atom stereocenters. The zero-order chi connectivity index (χ0) is 18.2. The van der Waals surface area contributed by atoms with Crippen molar-refractivity contribution in [3.63, 3.8) is 0 Å². The summed E-state index contributed by atoms with van der Waals surface area (Å²) >= 11 is 0. The van der Waals surface area contributed by atoms with Crippen LogP contribution < -0.4 is 0 Å². The maximum absolute atomic E-state index is 12.9. The van der Waals surface area contributed by atoms with E-state index < -0.39 is 43.0 Å². The fourth-order valence-corrected chi connectivity index (χ4v) is 3.02. The summed E-state index contributed by atoms with van der Waals surface area (Å²) in [7, 11) is 0. The van der Waals surface area contributed by atoms with Crippen molar-refractivity contribution >= 4 is 11.9 Å². The second-order valence-corrected chi connectivity index (χ2v) is 6.57. The van der Waals surface area contributed by atoms with E-state index >= 15 is 0 Å². The van der Waals surface area contributed by atoms with Gasteiger partial charge in [-0.05, 0) is 19.3 Å². The number of nitrogens with zero attached hydrogens (tertiary/aromatic N) is 3. The molecule has 2 fully saturated rings. The van der Waals surface area contributed by atoms with Gasteiger partial charge in [0.1, 0.15) is 0 Å². The third kappa shape index (κ3) is 4.10. The Hall–Kier alpha value is -2.13. The van der Waals surface area contributed by atoms with Crippen LogP contribution in [0.15, 0.2) is 4.52 Å². The number of aryl methyl sites for hydroxylation is 1. The molecule has 2 heterocycles. The van der Waals surface area contributed by atoms with Gasteiger partial charge in [0.15, 0.2) is 5.82 Å². The Morgan fingerprint density at radius 1 is 1.28 bits per heavy atom. The van der Waals surface area contributed by atoms with Crippen molar-refractivity contribution in [2.75, 3.05) is 13.1 Å². The van der Waals surface area contributed by atoms with Gasteiger partial charge in [0.2, 0.25) is 11.8 Å². The van der Waals surface area contributed by atoms with E-state index in [0.717, 1.165) is 17.7 Å². The molecule has 1 aliphatic carbocycles. The highest BCUT2D eigenvalue weighted by atomic mass is 19.4. The minimum absolute atomic E-state index is 0.0120. The fourth-order valence-electron chi connectivity index (χ4n) is 3.02. The van der Waals surface area contributed by atoms with Crippen molar-refractivity contribution in [1.82, 2.24) is 15.0 Å². The topological polar surface area (TPSA) is 96.5 Å². The predicted octanol–water partition coefficient (Wildman–Crippen LogP) is 1.99. The Morgan fingerprint density at radius 3 is 2.56 bits per heavy atom. The summed E-state index contributed by atoms with van der Waals surface area (Å²) in [5.74, 6) is -4.22. The van der Waals surface area contributed by atoms with E-state index in [2.05, 4.69) is 10.1 Å². The molecule has 0 aromatic carbocycles. The zero-order valence-corrected chi connectivity index (χ0v) is 13.3. The monoisotopic (exact) mass is 361 g/mol. The van der Waals surface area contributed by atoms with Gasteiger partial charge in [-0.2, -0.15) is 18.2 Å². The van der Waals surface area contributed by atoms with E-state index in [0.29, 0.717) is 30.5 Å². The van der Waals surface area contributed by atoms with Crippen LogP contribution in [0.2, 0.25) is 0 Å². The number of aromatic nitrogens is 2. The average molecular weight is 361 g/mol. The summed E-state index contributed by atoms with van der Waals surface area (Å²) in [6.45, 7) is -1.02. The number of carboxylic acid groups (broad SMARTS) is 1. The molecule has 1 N–H and O–H groups in total. The molecule has 3 rings (SSSR count). The number of alkyl halides is 3. The van der Waals surface area contributed by atoms with E-state index in [1.54, 1.807) is 0 Å². The summed E-state index contributed by atoms with van der Waals surface area (Å²) < 4.78 is 43.8. The highest BCUT2D eigenvalue weighted by Crippen LogP contribution is 2.39. The quantitative estimate of drug-likeness (QED) is 0.832. The first-order valence-electron chi connectivity index (χ1n) is 8.15. The standard InChI is InChI=1S/C15H18F3N3O4/c16-15(17,18)10-7-21(6-9(10)14(23)24)12(22)3-1-2-11-19-13(20-25-11)8-4-5-8/h8-10H,1-7H2,(H,23,24)/t9-,10-/m1/s1. The van der Waals surface area contributed by atoms with Crippen LogP contribution >= 0.6 is 0 Å². The van der Waals surface area contributed by atoms with Gasteiger partial charge in [-0.1, -0.05) is 5.16 Å². The molecule has 1 aliphatic heterocycles. The molecule has 0 spiro atoms. The van der Waals surface area contributed by atoms with Gasteiger partial charge in [-0.3, -0.25) is 9.59 Å². The largest absolute Gasteiger partial charge is 0.481 e. The number of carbonyl (C=O) groups excluding carboxylic acids is 1. The predicted molar refractivity (Wildman–Crippen MR) is 76.5 cm³/mol. The number of rotatable bonds is 6. The minimum atomic E-state index is -4.64. The van der Waals surface area contributed by atoms with Gasteiger partial charge in [-0.25, -0.2) is 0 Å². The molecule has 1 saturated carbocycles. The SMILES string of the molecule is O=C(O)[C@@H]1CN(C(=O)CCCc2nc(C3CC3)no2)C[C@H]1C(F)(F)F. The normalized spacial score (nSPS) is 23.9. The van der Waals surface area contributed by atoms with Crippen LogP contribution in [0.5, 0.6) is 0 Å². The number of carboxylic acids is 1. The van der Waals surface area contributed by atoms with E-state index in [4.69, 9.17) is 9.63 Å². The van der Waals surface area contributed by atoms with Gasteiger partial charge in [0.25, 0.3) is 0 Å². The molecule has 2 aliphatic rings. The Kier molecular flexibility index (Phi) is 4.70. The number of likely N-dealkylation sites (tertiary alicyclic amines) is 1. The van der Waals surface area contributed by atoms with Crippen LogP contribution in [0.1, 0.15) is 43.3 Å². The van der Waals surface area contributed by atoms with Gasteiger partial charge in [0.05, 0.1) is 11.8 Å². The molecular weight excluding hydrogens is 343 g/mol. The molecule has 138 valence electrons. The first-order chi connectivity index (χ1) is 11.8. The molecule has 0 bridgehead atoms. The smallest absolute Gasteiger partial charge is 0.394 e. The third-order valence-electron chi connectivity index (χ3n) is 4.62. The first-order valence-corrected chi connectivity index (χ1v) is 8.15. The fraction of sp³-hybridized carbons (Fsp3) is 0.733. The second kappa shape index (κ2) is 6.64. The molecular formula is C15H18F3N3O4.